The van der Waals surface area contributed by atoms with Gasteiger partial charge in [0.25, 0.3) is 0 Å². The van der Waals surface area contributed by atoms with Crippen molar-refractivity contribution in [3.05, 3.63) is 151 Å². The van der Waals surface area contributed by atoms with Crippen LogP contribution in [0.25, 0.3) is 94.1 Å². The van der Waals surface area contributed by atoms with E-state index >= 15 is 0 Å². The molecule has 0 spiro atoms. The molecule has 0 bridgehead atoms. The van der Waals surface area contributed by atoms with Crippen LogP contribution in [0.2, 0.25) is 0 Å². The Morgan fingerprint density at radius 2 is 1.12 bits per heavy atom. The maximum atomic E-state index is 5.56. The van der Waals surface area contributed by atoms with Crippen LogP contribution < -0.4 is 0 Å². The smallest absolute Gasteiger partial charge is 0.235 e. The Hall–Kier alpha value is -6.06. The Morgan fingerprint density at radius 1 is 0.479 bits per heavy atom. The standard InChI is InChI=1S/C45H29N3/c1-45(2)36-22-11-10-19-32(36)43-41(45)42(26-13-4-3-5-14-26)46-44(47-43)48-37-24-28-16-7-6-15-27(28)23-35(37)40-33-21-12-20-31-29-17-8-9-18-30(29)34(39(31)33)25-38(40)48/h3-25H,1-2H3. The summed E-state index contributed by atoms with van der Waals surface area (Å²) in [6.45, 7) is 4.62. The summed E-state index contributed by atoms with van der Waals surface area (Å²) in [6.07, 6.45) is 0. The molecule has 0 fully saturated rings. The molecule has 0 atom stereocenters. The van der Waals surface area contributed by atoms with Gasteiger partial charge in [-0.3, -0.25) is 4.57 Å². The van der Waals surface area contributed by atoms with Crippen molar-refractivity contribution in [3.8, 4) is 50.7 Å². The molecule has 0 N–H and O–H groups in total. The first-order valence-electron chi connectivity index (χ1n) is 16.7. The van der Waals surface area contributed by atoms with Crippen LogP contribution in [0.5, 0.6) is 0 Å². The predicted octanol–water partition coefficient (Wildman–Crippen LogP) is 11.5. The molecular weight excluding hydrogens is 583 g/mol. The molecule has 2 aliphatic carbocycles. The van der Waals surface area contributed by atoms with Crippen LogP contribution in [0, 0.1) is 0 Å². The lowest BCUT2D eigenvalue weighted by Crippen LogP contribution is -2.18. The molecule has 0 unspecified atom stereocenters. The Labute approximate surface area is 277 Å². The van der Waals surface area contributed by atoms with Gasteiger partial charge in [-0.1, -0.05) is 135 Å². The summed E-state index contributed by atoms with van der Waals surface area (Å²) in [5.74, 6) is 0.698. The molecule has 48 heavy (non-hydrogen) atoms. The first kappa shape index (κ1) is 26.1. The average molecular weight is 612 g/mol. The van der Waals surface area contributed by atoms with Gasteiger partial charge < -0.3 is 0 Å². The minimum Gasteiger partial charge on any atom is -0.278 e. The zero-order valence-corrected chi connectivity index (χ0v) is 26.6. The van der Waals surface area contributed by atoms with E-state index in [0.717, 1.165) is 28.0 Å². The number of nitrogens with zero attached hydrogens (tertiary/aromatic N) is 3. The van der Waals surface area contributed by atoms with Crippen LogP contribution in [-0.2, 0) is 5.41 Å². The predicted molar refractivity (Wildman–Crippen MR) is 199 cm³/mol. The van der Waals surface area contributed by atoms with Crippen LogP contribution in [0.3, 0.4) is 0 Å². The molecule has 0 amide bonds. The molecule has 9 aromatic rings. The van der Waals surface area contributed by atoms with Gasteiger partial charge in [0, 0.05) is 32.9 Å². The summed E-state index contributed by atoms with van der Waals surface area (Å²) in [7, 11) is 0. The monoisotopic (exact) mass is 611 g/mol. The fourth-order valence-electron chi connectivity index (χ4n) is 8.79. The number of benzene rings is 7. The van der Waals surface area contributed by atoms with E-state index in [0.29, 0.717) is 5.95 Å². The second-order valence-electron chi connectivity index (χ2n) is 13.8. The highest BCUT2D eigenvalue weighted by molar-refractivity contribution is 6.30. The number of rotatable bonds is 2. The molecule has 3 nitrogen and oxygen atoms in total. The van der Waals surface area contributed by atoms with E-state index in [1.807, 2.05) is 0 Å². The van der Waals surface area contributed by atoms with Gasteiger partial charge in [-0.2, -0.15) is 0 Å². The van der Waals surface area contributed by atoms with Crippen molar-refractivity contribution < 1.29 is 0 Å². The number of aromatic nitrogens is 3. The maximum Gasteiger partial charge on any atom is 0.235 e. The lowest BCUT2D eigenvalue weighted by Gasteiger charge is -2.24. The number of hydrogen-bond acceptors (Lipinski definition) is 2. The topological polar surface area (TPSA) is 30.7 Å². The van der Waals surface area contributed by atoms with Gasteiger partial charge in [0.05, 0.1) is 22.4 Å². The lowest BCUT2D eigenvalue weighted by molar-refractivity contribution is 0.657. The Balaban J connectivity index is 1.34. The zero-order chi connectivity index (χ0) is 31.7. The third-order valence-corrected chi connectivity index (χ3v) is 10.9. The van der Waals surface area contributed by atoms with E-state index in [1.54, 1.807) is 0 Å². The van der Waals surface area contributed by atoms with Crippen LogP contribution in [0.1, 0.15) is 25.0 Å². The first-order valence-corrected chi connectivity index (χ1v) is 16.7. The maximum absolute atomic E-state index is 5.56. The summed E-state index contributed by atoms with van der Waals surface area (Å²) < 4.78 is 2.33. The van der Waals surface area contributed by atoms with Crippen molar-refractivity contribution in [1.29, 1.82) is 0 Å². The molecule has 0 radical (unpaired) electrons. The van der Waals surface area contributed by atoms with Gasteiger partial charge in [-0.25, -0.2) is 9.97 Å². The molecule has 0 saturated heterocycles. The fourth-order valence-corrected chi connectivity index (χ4v) is 8.79. The molecule has 0 aliphatic heterocycles. The fraction of sp³-hybridized carbons (Fsp3) is 0.0667. The van der Waals surface area contributed by atoms with Gasteiger partial charge in [0.15, 0.2) is 0 Å². The SMILES string of the molecule is CC1(C)c2ccccc2-c2nc(-n3c4cc5ccccc5cc4c4c5cccc6c5c(cc43)-c3ccccc3-6)nc(-c3ccccc3)c21. The average Bonchev–Trinajstić information content (AvgIpc) is 3.71. The Bertz CT molecular complexity index is 2860. The van der Waals surface area contributed by atoms with Crippen molar-refractivity contribution >= 4 is 43.4 Å². The quantitative estimate of drug-likeness (QED) is 0.195. The largest absolute Gasteiger partial charge is 0.278 e. The van der Waals surface area contributed by atoms with Gasteiger partial charge in [-0.05, 0) is 67.6 Å². The lowest BCUT2D eigenvalue weighted by atomic mass is 9.81. The van der Waals surface area contributed by atoms with Crippen LogP contribution in [-0.4, -0.2) is 14.5 Å². The first-order chi connectivity index (χ1) is 23.6. The molecule has 224 valence electrons. The number of fused-ring (bicyclic) bond motifs is 11. The van der Waals surface area contributed by atoms with E-state index in [2.05, 4.69) is 158 Å². The van der Waals surface area contributed by atoms with Crippen LogP contribution in [0.4, 0.5) is 0 Å². The molecule has 2 heterocycles. The summed E-state index contributed by atoms with van der Waals surface area (Å²) in [6, 6.07) is 50.7. The van der Waals surface area contributed by atoms with E-state index in [4.69, 9.17) is 9.97 Å². The molecule has 2 aliphatic rings. The van der Waals surface area contributed by atoms with Crippen molar-refractivity contribution in [3.63, 3.8) is 0 Å². The highest BCUT2D eigenvalue weighted by Gasteiger charge is 2.40. The summed E-state index contributed by atoms with van der Waals surface area (Å²) in [5.41, 5.74) is 13.9. The highest BCUT2D eigenvalue weighted by Crippen LogP contribution is 2.53. The van der Waals surface area contributed by atoms with Crippen LogP contribution in [0.15, 0.2) is 140 Å². The van der Waals surface area contributed by atoms with Crippen molar-refractivity contribution in [2.75, 3.05) is 0 Å². The van der Waals surface area contributed by atoms with Crippen LogP contribution >= 0.6 is 0 Å². The van der Waals surface area contributed by atoms with E-state index in [-0.39, 0.29) is 5.41 Å². The summed E-state index contributed by atoms with van der Waals surface area (Å²) in [4.78, 5) is 11.1. The molecule has 3 heteroatoms. The molecule has 7 aromatic carbocycles. The van der Waals surface area contributed by atoms with Gasteiger partial charge in [0.2, 0.25) is 5.95 Å². The van der Waals surface area contributed by atoms with E-state index in [9.17, 15) is 0 Å². The third kappa shape index (κ3) is 3.23. The Kier molecular flexibility index (Phi) is 4.91. The van der Waals surface area contributed by atoms with Crippen molar-refractivity contribution in [2.45, 2.75) is 19.3 Å². The van der Waals surface area contributed by atoms with Gasteiger partial charge in [-0.15, -0.1) is 0 Å². The van der Waals surface area contributed by atoms with Gasteiger partial charge in [0.1, 0.15) is 0 Å². The number of hydrogen-bond donors (Lipinski definition) is 0. The molecule has 2 aromatic heterocycles. The summed E-state index contributed by atoms with van der Waals surface area (Å²) in [5, 5.41) is 7.49. The van der Waals surface area contributed by atoms with E-state index < -0.39 is 0 Å². The van der Waals surface area contributed by atoms with E-state index in [1.165, 1.54) is 71.3 Å². The molecule has 0 saturated carbocycles. The zero-order valence-electron chi connectivity index (χ0n) is 26.6. The van der Waals surface area contributed by atoms with Crippen molar-refractivity contribution in [2.24, 2.45) is 0 Å². The summed E-state index contributed by atoms with van der Waals surface area (Å²) >= 11 is 0. The molecule has 11 rings (SSSR count). The normalized spacial score (nSPS) is 13.8. The highest BCUT2D eigenvalue weighted by atomic mass is 15.2. The minimum absolute atomic E-state index is 0.241. The third-order valence-electron chi connectivity index (χ3n) is 10.9. The minimum atomic E-state index is -0.241. The second kappa shape index (κ2) is 9.05. The van der Waals surface area contributed by atoms with Crippen molar-refractivity contribution in [1.82, 2.24) is 14.5 Å². The van der Waals surface area contributed by atoms with Gasteiger partial charge >= 0.3 is 0 Å². The second-order valence-corrected chi connectivity index (χ2v) is 13.8. The molecular formula is C45H29N3. The Morgan fingerprint density at radius 3 is 1.94 bits per heavy atom.